The second-order valence-corrected chi connectivity index (χ2v) is 5.21. The van der Waals surface area contributed by atoms with Crippen molar-refractivity contribution in [2.45, 2.75) is 12.7 Å². The lowest BCUT2D eigenvalue weighted by atomic mass is 10.2. The number of amides is 1. The van der Waals surface area contributed by atoms with E-state index in [1.165, 1.54) is 6.26 Å². The number of furan rings is 1. The SMILES string of the molecule is O=C(NCc1ccco1)c1cnc(Nc2ccccc2)nc1C(F)(F)F. The Morgan fingerprint density at radius 1 is 1.12 bits per heavy atom. The van der Waals surface area contributed by atoms with Gasteiger partial charge in [0.1, 0.15) is 5.76 Å². The summed E-state index contributed by atoms with van der Waals surface area (Å²) in [5.41, 5.74) is -1.46. The van der Waals surface area contributed by atoms with Gasteiger partial charge in [0, 0.05) is 11.9 Å². The first-order chi connectivity index (χ1) is 12.4. The number of para-hydroxylation sites is 1. The first-order valence-corrected chi connectivity index (χ1v) is 7.50. The van der Waals surface area contributed by atoms with Crippen LogP contribution in [0.5, 0.6) is 0 Å². The summed E-state index contributed by atoms with van der Waals surface area (Å²) in [4.78, 5) is 19.4. The number of hydrogen-bond acceptors (Lipinski definition) is 5. The maximum Gasteiger partial charge on any atom is 0.434 e. The van der Waals surface area contributed by atoms with Gasteiger partial charge in [-0.05, 0) is 24.3 Å². The summed E-state index contributed by atoms with van der Waals surface area (Å²) < 4.78 is 45.0. The Labute approximate surface area is 146 Å². The number of carbonyl (C=O) groups excluding carboxylic acids is 1. The molecule has 0 aliphatic heterocycles. The Hall–Kier alpha value is -3.36. The number of rotatable bonds is 5. The van der Waals surface area contributed by atoms with Crippen molar-refractivity contribution in [2.24, 2.45) is 0 Å². The van der Waals surface area contributed by atoms with E-state index in [1.54, 1.807) is 42.5 Å². The van der Waals surface area contributed by atoms with Gasteiger partial charge in [-0.1, -0.05) is 18.2 Å². The maximum atomic E-state index is 13.3. The van der Waals surface area contributed by atoms with E-state index in [4.69, 9.17) is 4.42 Å². The van der Waals surface area contributed by atoms with Gasteiger partial charge in [0.05, 0.1) is 18.4 Å². The molecule has 0 fully saturated rings. The van der Waals surface area contributed by atoms with Gasteiger partial charge in [0.2, 0.25) is 5.95 Å². The highest BCUT2D eigenvalue weighted by Gasteiger charge is 2.38. The number of hydrogen-bond donors (Lipinski definition) is 2. The van der Waals surface area contributed by atoms with Gasteiger partial charge in [-0.3, -0.25) is 4.79 Å². The predicted octanol–water partition coefficient (Wildman–Crippen LogP) is 3.76. The summed E-state index contributed by atoms with van der Waals surface area (Å²) in [6.45, 7) is -0.0485. The van der Waals surface area contributed by atoms with Gasteiger partial charge >= 0.3 is 6.18 Å². The molecule has 2 N–H and O–H groups in total. The Balaban J connectivity index is 1.83. The average molecular weight is 362 g/mol. The van der Waals surface area contributed by atoms with Crippen LogP contribution < -0.4 is 10.6 Å². The predicted molar refractivity (Wildman–Crippen MR) is 86.6 cm³/mol. The molecule has 0 radical (unpaired) electrons. The minimum Gasteiger partial charge on any atom is -0.467 e. The third-order valence-corrected chi connectivity index (χ3v) is 3.34. The van der Waals surface area contributed by atoms with Crippen molar-refractivity contribution in [1.82, 2.24) is 15.3 Å². The summed E-state index contributed by atoms with van der Waals surface area (Å²) in [7, 11) is 0. The van der Waals surface area contributed by atoms with Gasteiger partial charge in [0.15, 0.2) is 5.69 Å². The summed E-state index contributed by atoms with van der Waals surface area (Å²) >= 11 is 0. The minimum atomic E-state index is -4.81. The van der Waals surface area contributed by atoms with Crippen LogP contribution >= 0.6 is 0 Å². The third kappa shape index (κ3) is 4.18. The van der Waals surface area contributed by atoms with Crippen LogP contribution in [0.2, 0.25) is 0 Å². The molecule has 3 rings (SSSR count). The second-order valence-electron chi connectivity index (χ2n) is 5.21. The molecular weight excluding hydrogens is 349 g/mol. The molecule has 1 amide bonds. The van der Waals surface area contributed by atoms with E-state index in [2.05, 4.69) is 20.6 Å². The van der Waals surface area contributed by atoms with Gasteiger partial charge in [-0.15, -0.1) is 0 Å². The fraction of sp³-hybridized carbons (Fsp3) is 0.118. The smallest absolute Gasteiger partial charge is 0.434 e. The quantitative estimate of drug-likeness (QED) is 0.722. The van der Waals surface area contributed by atoms with Gasteiger partial charge in [0.25, 0.3) is 5.91 Å². The van der Waals surface area contributed by atoms with Crippen molar-refractivity contribution < 1.29 is 22.4 Å². The number of nitrogens with one attached hydrogen (secondary N) is 2. The average Bonchev–Trinajstić information content (AvgIpc) is 3.13. The third-order valence-electron chi connectivity index (χ3n) is 3.34. The Bertz CT molecular complexity index is 881. The molecule has 0 unspecified atom stereocenters. The van der Waals surface area contributed by atoms with E-state index in [0.29, 0.717) is 11.4 Å². The summed E-state index contributed by atoms with van der Waals surface area (Å²) in [5.74, 6) is -0.790. The number of alkyl halides is 3. The van der Waals surface area contributed by atoms with Crippen LogP contribution in [0, 0.1) is 0 Å². The van der Waals surface area contributed by atoms with Crippen molar-refractivity contribution in [3.63, 3.8) is 0 Å². The number of carbonyl (C=O) groups is 1. The molecule has 26 heavy (non-hydrogen) atoms. The van der Waals surface area contributed by atoms with Gasteiger partial charge in [-0.2, -0.15) is 13.2 Å². The lowest BCUT2D eigenvalue weighted by Crippen LogP contribution is -2.27. The number of benzene rings is 1. The fourth-order valence-electron chi connectivity index (χ4n) is 2.15. The lowest BCUT2D eigenvalue weighted by molar-refractivity contribution is -0.141. The summed E-state index contributed by atoms with van der Waals surface area (Å²) in [6, 6.07) is 11.7. The molecule has 0 saturated heterocycles. The summed E-state index contributed by atoms with van der Waals surface area (Å²) in [6.07, 6.45) is -2.57. The molecule has 9 heteroatoms. The molecule has 0 spiro atoms. The van der Waals surface area contributed by atoms with E-state index in [9.17, 15) is 18.0 Å². The molecule has 0 aliphatic carbocycles. The normalized spacial score (nSPS) is 11.2. The van der Waals surface area contributed by atoms with E-state index in [0.717, 1.165) is 6.20 Å². The topological polar surface area (TPSA) is 80.0 Å². The van der Waals surface area contributed by atoms with Crippen molar-refractivity contribution in [3.8, 4) is 0 Å². The number of halogens is 3. The molecule has 0 bridgehead atoms. The number of anilines is 2. The Morgan fingerprint density at radius 3 is 2.54 bits per heavy atom. The van der Waals surface area contributed by atoms with Crippen LogP contribution in [0.25, 0.3) is 0 Å². The molecule has 0 saturated carbocycles. The molecule has 2 heterocycles. The highest BCUT2D eigenvalue weighted by molar-refractivity contribution is 5.95. The molecule has 2 aromatic heterocycles. The van der Waals surface area contributed by atoms with Crippen LogP contribution in [-0.4, -0.2) is 15.9 Å². The number of aromatic nitrogens is 2. The molecule has 0 atom stereocenters. The first kappa shape index (κ1) is 17.5. The highest BCUT2D eigenvalue weighted by Crippen LogP contribution is 2.31. The van der Waals surface area contributed by atoms with Gasteiger partial charge < -0.3 is 15.1 Å². The zero-order chi connectivity index (χ0) is 18.6. The van der Waals surface area contributed by atoms with E-state index in [1.807, 2.05) is 0 Å². The van der Waals surface area contributed by atoms with E-state index < -0.39 is 23.3 Å². The van der Waals surface area contributed by atoms with Crippen LogP contribution in [0.4, 0.5) is 24.8 Å². The highest BCUT2D eigenvalue weighted by atomic mass is 19.4. The first-order valence-electron chi connectivity index (χ1n) is 7.50. The maximum absolute atomic E-state index is 13.3. The van der Waals surface area contributed by atoms with Gasteiger partial charge in [-0.25, -0.2) is 9.97 Å². The monoisotopic (exact) mass is 362 g/mol. The van der Waals surface area contributed by atoms with Crippen LogP contribution in [0.3, 0.4) is 0 Å². The zero-order valence-electron chi connectivity index (χ0n) is 13.2. The molecule has 0 aliphatic rings. The number of nitrogens with zero attached hydrogens (tertiary/aromatic N) is 2. The van der Waals surface area contributed by atoms with Crippen LogP contribution in [0.15, 0.2) is 59.3 Å². The standard InChI is InChI=1S/C17H13F3N4O2/c18-17(19,20)14-13(15(25)21-9-12-7-4-8-26-12)10-22-16(24-14)23-11-5-2-1-3-6-11/h1-8,10H,9H2,(H,21,25)(H,22,23,24). The van der Waals surface area contributed by atoms with Crippen molar-refractivity contribution in [3.05, 3.63) is 71.9 Å². The molecule has 3 aromatic rings. The summed E-state index contributed by atoms with van der Waals surface area (Å²) in [5, 5.41) is 5.02. The van der Waals surface area contributed by atoms with Crippen LogP contribution in [-0.2, 0) is 12.7 Å². The minimum absolute atomic E-state index is 0.0485. The molecule has 6 nitrogen and oxygen atoms in total. The van der Waals surface area contributed by atoms with E-state index in [-0.39, 0.29) is 12.5 Å². The fourth-order valence-corrected chi connectivity index (χ4v) is 2.15. The van der Waals surface area contributed by atoms with Crippen molar-refractivity contribution >= 4 is 17.5 Å². The lowest BCUT2D eigenvalue weighted by Gasteiger charge is -2.13. The molecule has 1 aromatic carbocycles. The Morgan fingerprint density at radius 2 is 1.88 bits per heavy atom. The zero-order valence-corrected chi connectivity index (χ0v) is 13.2. The Kier molecular flexibility index (Phi) is 4.87. The van der Waals surface area contributed by atoms with Crippen molar-refractivity contribution in [2.75, 3.05) is 5.32 Å². The van der Waals surface area contributed by atoms with Crippen LogP contribution in [0.1, 0.15) is 21.8 Å². The molecular formula is C17H13F3N4O2. The second kappa shape index (κ2) is 7.26. The van der Waals surface area contributed by atoms with Crippen molar-refractivity contribution in [1.29, 1.82) is 0 Å². The van der Waals surface area contributed by atoms with E-state index >= 15 is 0 Å². The molecule has 134 valence electrons. The largest absolute Gasteiger partial charge is 0.467 e.